The van der Waals surface area contributed by atoms with Gasteiger partial charge in [-0.25, -0.2) is 9.59 Å². The molecule has 2 atom stereocenters. The lowest BCUT2D eigenvalue weighted by molar-refractivity contribution is -0.707. The van der Waals surface area contributed by atoms with Gasteiger partial charge in [-0.15, -0.1) is 0 Å². The second-order valence-corrected chi connectivity index (χ2v) is 5.47. The Kier molecular flexibility index (Phi) is 5.63. The maximum atomic E-state index is 11.6. The summed E-state index contributed by atoms with van der Waals surface area (Å²) in [5.41, 5.74) is 2.03. The van der Waals surface area contributed by atoms with E-state index in [1.165, 1.54) is 14.2 Å². The van der Waals surface area contributed by atoms with Crippen LogP contribution in [0.1, 0.15) is 25.9 Å². The van der Waals surface area contributed by atoms with Crippen molar-refractivity contribution in [3.63, 3.8) is 0 Å². The molecule has 2 rings (SSSR count). The molecule has 0 saturated carbocycles. The largest absolute Gasteiger partial charge is 0.464 e. The molecule has 0 aliphatic heterocycles. The van der Waals surface area contributed by atoms with Crippen LogP contribution in [-0.2, 0) is 19.1 Å². The third-order valence-corrected chi connectivity index (χ3v) is 4.02. The molecule has 0 saturated heterocycles. The quantitative estimate of drug-likeness (QED) is 0.614. The van der Waals surface area contributed by atoms with E-state index in [9.17, 15) is 9.59 Å². The molecule has 126 valence electrons. The second kappa shape index (κ2) is 7.68. The molecule has 2 heterocycles. The molecular weight excluding hydrogens is 308 g/mol. The fourth-order valence-electron chi connectivity index (χ4n) is 2.36. The van der Waals surface area contributed by atoms with E-state index in [4.69, 9.17) is 9.47 Å². The Balaban J connectivity index is 2.17. The van der Waals surface area contributed by atoms with Gasteiger partial charge in [-0.2, -0.15) is 9.13 Å². The predicted octanol–water partition coefficient (Wildman–Crippen LogP) is 1.40. The Morgan fingerprint density at radius 3 is 1.29 bits per heavy atom. The van der Waals surface area contributed by atoms with E-state index in [1.807, 2.05) is 49.1 Å². The van der Waals surface area contributed by atoms with Crippen LogP contribution in [0.2, 0.25) is 0 Å². The highest BCUT2D eigenvalue weighted by Crippen LogP contribution is 2.16. The summed E-state index contributed by atoms with van der Waals surface area (Å²) in [6, 6.07) is 6.99. The molecule has 0 amide bonds. The molecule has 24 heavy (non-hydrogen) atoms. The van der Waals surface area contributed by atoms with Crippen molar-refractivity contribution in [1.82, 2.24) is 0 Å². The number of ether oxygens (including phenoxy) is 2. The number of pyridine rings is 2. The third kappa shape index (κ3) is 3.76. The Hall–Kier alpha value is -2.76. The van der Waals surface area contributed by atoms with Crippen LogP contribution >= 0.6 is 0 Å². The van der Waals surface area contributed by atoms with Crippen molar-refractivity contribution in [2.24, 2.45) is 0 Å². The maximum Gasteiger partial charge on any atom is 0.375 e. The molecule has 2 aromatic heterocycles. The molecule has 0 bridgehead atoms. The summed E-state index contributed by atoms with van der Waals surface area (Å²) in [7, 11) is 2.75. The van der Waals surface area contributed by atoms with Crippen molar-refractivity contribution in [1.29, 1.82) is 0 Å². The van der Waals surface area contributed by atoms with E-state index < -0.39 is 0 Å². The zero-order valence-corrected chi connectivity index (χ0v) is 14.3. The minimum atomic E-state index is -0.372. The van der Waals surface area contributed by atoms with Crippen LogP contribution in [0.4, 0.5) is 0 Å². The fraction of sp³-hybridized carbons (Fsp3) is 0.333. The zero-order chi connectivity index (χ0) is 17.7. The predicted molar refractivity (Wildman–Crippen MR) is 85.7 cm³/mol. The molecule has 2 unspecified atom stereocenters. The van der Waals surface area contributed by atoms with Crippen LogP contribution in [0.5, 0.6) is 0 Å². The van der Waals surface area contributed by atoms with Crippen LogP contribution in [0, 0.1) is 0 Å². The van der Waals surface area contributed by atoms with Crippen molar-refractivity contribution in [3.05, 3.63) is 49.1 Å². The number of hydrogen-bond acceptors (Lipinski definition) is 4. The first-order valence-corrected chi connectivity index (χ1v) is 7.65. The van der Waals surface area contributed by atoms with E-state index in [0.29, 0.717) is 0 Å². The monoisotopic (exact) mass is 330 g/mol. The van der Waals surface area contributed by atoms with E-state index in [-0.39, 0.29) is 24.0 Å². The van der Waals surface area contributed by atoms with Crippen LogP contribution < -0.4 is 9.13 Å². The normalized spacial score (nSPS) is 13.0. The van der Waals surface area contributed by atoms with Gasteiger partial charge >= 0.3 is 11.9 Å². The first-order chi connectivity index (χ1) is 11.5. The van der Waals surface area contributed by atoms with E-state index in [1.54, 1.807) is 23.0 Å². The maximum absolute atomic E-state index is 11.6. The van der Waals surface area contributed by atoms with Gasteiger partial charge < -0.3 is 9.47 Å². The number of rotatable bonds is 5. The van der Waals surface area contributed by atoms with Crippen molar-refractivity contribution in [2.45, 2.75) is 25.9 Å². The smallest absolute Gasteiger partial charge is 0.375 e. The molecule has 0 aliphatic carbocycles. The molecule has 0 radical (unpaired) electrons. The summed E-state index contributed by atoms with van der Waals surface area (Å²) in [4.78, 5) is 23.1. The summed E-state index contributed by atoms with van der Waals surface area (Å²) < 4.78 is 13.1. The standard InChI is InChI=1S/C18H22N2O4/c1-13(17(21)23-3)19-9-5-15(6-10-19)16-7-11-20(12-8-16)14(2)18(22)24-4/h5-14H,1-4H3/q+2. The van der Waals surface area contributed by atoms with Crippen molar-refractivity contribution >= 4 is 11.9 Å². The highest BCUT2D eigenvalue weighted by molar-refractivity contribution is 5.72. The summed E-state index contributed by atoms with van der Waals surface area (Å²) in [6.07, 6.45) is 7.37. The molecule has 0 spiro atoms. The lowest BCUT2D eigenvalue weighted by Crippen LogP contribution is -2.42. The zero-order valence-electron chi connectivity index (χ0n) is 14.3. The van der Waals surface area contributed by atoms with Gasteiger partial charge in [0.2, 0.25) is 0 Å². The highest BCUT2D eigenvalue weighted by atomic mass is 16.5. The lowest BCUT2D eigenvalue weighted by atomic mass is 10.1. The van der Waals surface area contributed by atoms with Crippen molar-refractivity contribution < 1.29 is 28.2 Å². The van der Waals surface area contributed by atoms with Gasteiger partial charge in [-0.3, -0.25) is 0 Å². The van der Waals surface area contributed by atoms with Gasteiger partial charge in [0.15, 0.2) is 24.8 Å². The Bertz CT molecular complexity index is 647. The topological polar surface area (TPSA) is 60.4 Å². The molecule has 6 heteroatoms. The lowest BCUT2D eigenvalue weighted by Gasteiger charge is -2.07. The number of methoxy groups -OCH3 is 2. The van der Waals surface area contributed by atoms with Gasteiger partial charge in [0.05, 0.1) is 14.2 Å². The average molecular weight is 330 g/mol. The van der Waals surface area contributed by atoms with E-state index >= 15 is 0 Å². The number of aromatic nitrogens is 2. The Morgan fingerprint density at radius 1 is 0.750 bits per heavy atom. The number of carbonyl (C=O) groups excluding carboxylic acids is 2. The number of carbonyl (C=O) groups is 2. The third-order valence-electron chi connectivity index (χ3n) is 4.02. The Labute approximate surface area is 141 Å². The summed E-state index contributed by atoms with van der Waals surface area (Å²) in [6.45, 7) is 3.57. The van der Waals surface area contributed by atoms with Crippen LogP contribution in [-0.4, -0.2) is 26.2 Å². The van der Waals surface area contributed by atoms with Gasteiger partial charge in [0.1, 0.15) is 0 Å². The SMILES string of the molecule is COC(=O)C(C)[n+]1ccc(-c2cc[n+](C(C)C(=O)OC)cc2)cc1. The minimum Gasteiger partial charge on any atom is -0.464 e. The molecule has 0 N–H and O–H groups in total. The summed E-state index contributed by atoms with van der Waals surface area (Å²) in [5.74, 6) is -0.574. The van der Waals surface area contributed by atoms with Crippen molar-refractivity contribution in [2.75, 3.05) is 14.2 Å². The number of hydrogen-bond donors (Lipinski definition) is 0. The highest BCUT2D eigenvalue weighted by Gasteiger charge is 2.23. The number of nitrogens with zero attached hydrogens (tertiary/aromatic N) is 2. The van der Waals surface area contributed by atoms with Crippen molar-refractivity contribution in [3.8, 4) is 11.1 Å². The molecular formula is C18H22N2O4+2. The fourth-order valence-corrected chi connectivity index (χ4v) is 2.36. The first-order valence-electron chi connectivity index (χ1n) is 7.65. The molecule has 0 aromatic carbocycles. The molecule has 0 fully saturated rings. The summed E-state index contributed by atoms with van der Waals surface area (Å²) >= 11 is 0. The van der Waals surface area contributed by atoms with Gasteiger partial charge in [0, 0.05) is 38.1 Å². The van der Waals surface area contributed by atoms with Gasteiger partial charge in [-0.05, 0) is 11.1 Å². The first kappa shape index (κ1) is 17.6. The average Bonchev–Trinajstić information content (AvgIpc) is 2.65. The second-order valence-electron chi connectivity index (χ2n) is 5.47. The number of esters is 2. The Morgan fingerprint density at radius 2 is 1.04 bits per heavy atom. The minimum absolute atomic E-state index is 0.287. The van der Waals surface area contributed by atoms with Gasteiger partial charge in [0.25, 0.3) is 12.1 Å². The van der Waals surface area contributed by atoms with Gasteiger partial charge in [-0.1, -0.05) is 0 Å². The van der Waals surface area contributed by atoms with E-state index in [2.05, 4.69) is 0 Å². The molecule has 2 aromatic rings. The van der Waals surface area contributed by atoms with Crippen LogP contribution in [0.3, 0.4) is 0 Å². The van der Waals surface area contributed by atoms with Crippen LogP contribution in [0.15, 0.2) is 49.1 Å². The molecule has 0 aliphatic rings. The molecule has 6 nitrogen and oxygen atoms in total. The van der Waals surface area contributed by atoms with E-state index in [0.717, 1.165) is 11.1 Å². The summed E-state index contributed by atoms with van der Waals surface area (Å²) in [5, 5.41) is 0. The van der Waals surface area contributed by atoms with Crippen LogP contribution in [0.25, 0.3) is 11.1 Å².